The predicted molar refractivity (Wildman–Crippen MR) is 153 cm³/mol. The number of alkyl halides is 1. The second-order valence-electron chi connectivity index (χ2n) is 9.98. The quantitative estimate of drug-likeness (QED) is 0.176. The third kappa shape index (κ3) is 6.54. The fourth-order valence-electron chi connectivity index (χ4n) is 4.71. The van der Waals surface area contributed by atoms with E-state index in [0.717, 1.165) is 17.1 Å². The van der Waals surface area contributed by atoms with Crippen LogP contribution in [0.25, 0.3) is 16.6 Å². The number of aliphatic imine (C=N–C) groups is 1. The van der Waals surface area contributed by atoms with Gasteiger partial charge >= 0.3 is 5.97 Å². The number of amides is 2. The van der Waals surface area contributed by atoms with E-state index in [0.29, 0.717) is 28.1 Å². The van der Waals surface area contributed by atoms with Gasteiger partial charge in [0, 0.05) is 16.6 Å². The Morgan fingerprint density at radius 3 is 2.74 bits per heavy atom. The largest absolute Gasteiger partial charge is 0.481 e. The molecule has 1 aliphatic heterocycles. The average Bonchev–Trinajstić information content (AvgIpc) is 3.58. The SMILES string of the molecule is Cc1cc(C)n(-c2cccc([C@H](CC(=O)O)NC(=O)CNC(=O)c3cc(NC4=NCC(F)CN4)c4cn[nH]c4c3)c2)n1. The fraction of sp³-hybridized carbons (Fsp3) is 0.286. The molecule has 13 nitrogen and oxygen atoms in total. The first kappa shape index (κ1) is 28.3. The van der Waals surface area contributed by atoms with Crippen molar-refractivity contribution in [3.05, 3.63) is 71.2 Å². The summed E-state index contributed by atoms with van der Waals surface area (Å²) in [7, 11) is 0. The van der Waals surface area contributed by atoms with Crippen LogP contribution >= 0.6 is 0 Å². The van der Waals surface area contributed by atoms with E-state index in [2.05, 4.69) is 41.6 Å². The van der Waals surface area contributed by atoms with Crippen molar-refractivity contribution >= 4 is 40.3 Å². The number of rotatable bonds is 9. The second-order valence-corrected chi connectivity index (χ2v) is 9.98. The Balaban J connectivity index is 1.27. The second kappa shape index (κ2) is 12.1. The number of guanidine groups is 1. The van der Waals surface area contributed by atoms with Gasteiger partial charge in [-0.3, -0.25) is 19.5 Å². The van der Waals surface area contributed by atoms with Gasteiger partial charge in [0.05, 0.1) is 60.9 Å². The maximum atomic E-state index is 13.4. The summed E-state index contributed by atoms with van der Waals surface area (Å²) in [6.45, 7) is 3.54. The highest BCUT2D eigenvalue weighted by Gasteiger charge is 2.21. The third-order valence-corrected chi connectivity index (χ3v) is 6.66. The number of aryl methyl sites for hydroxylation is 2. The Bertz CT molecular complexity index is 1680. The van der Waals surface area contributed by atoms with E-state index >= 15 is 0 Å². The summed E-state index contributed by atoms with van der Waals surface area (Å²) in [5, 5.41) is 32.7. The summed E-state index contributed by atoms with van der Waals surface area (Å²) in [4.78, 5) is 41.6. The highest BCUT2D eigenvalue weighted by atomic mass is 19.1. The Morgan fingerprint density at radius 2 is 2.02 bits per heavy atom. The predicted octanol–water partition coefficient (Wildman–Crippen LogP) is 2.14. The maximum absolute atomic E-state index is 13.4. The molecule has 0 fully saturated rings. The van der Waals surface area contributed by atoms with E-state index in [1.807, 2.05) is 26.0 Å². The Labute approximate surface area is 239 Å². The number of nitrogens with one attached hydrogen (secondary N) is 5. The Kier molecular flexibility index (Phi) is 8.13. The van der Waals surface area contributed by atoms with Gasteiger partial charge in [-0.1, -0.05) is 12.1 Å². The number of carbonyl (C=O) groups is 3. The number of hydrogen-bond acceptors (Lipinski definition) is 8. The molecule has 0 spiro atoms. The zero-order valence-electron chi connectivity index (χ0n) is 22.9. The number of halogens is 1. The van der Waals surface area contributed by atoms with Crippen LogP contribution in [0.3, 0.4) is 0 Å². The van der Waals surface area contributed by atoms with Crippen molar-refractivity contribution in [1.82, 2.24) is 35.9 Å². The molecule has 0 aliphatic carbocycles. The van der Waals surface area contributed by atoms with Gasteiger partial charge in [0.25, 0.3) is 5.91 Å². The zero-order valence-corrected chi connectivity index (χ0v) is 22.9. The first-order valence-electron chi connectivity index (χ1n) is 13.3. The number of H-pyrrole nitrogens is 1. The van der Waals surface area contributed by atoms with Crippen molar-refractivity contribution in [3.63, 3.8) is 0 Å². The van der Waals surface area contributed by atoms with E-state index in [-0.39, 0.29) is 31.6 Å². The summed E-state index contributed by atoms with van der Waals surface area (Å²) in [6, 6.07) is 11.4. The number of carboxylic acids is 1. The zero-order chi connectivity index (χ0) is 29.8. The number of hydrogen-bond donors (Lipinski definition) is 6. The van der Waals surface area contributed by atoms with Crippen LogP contribution in [-0.4, -0.2) is 74.6 Å². The minimum absolute atomic E-state index is 0.0227. The molecule has 2 atom stereocenters. The number of benzene rings is 2. The van der Waals surface area contributed by atoms with E-state index in [1.165, 1.54) is 0 Å². The number of aromatic amines is 1. The number of anilines is 1. The number of carbonyl (C=O) groups excluding carboxylic acids is 2. The molecule has 1 aliphatic rings. The molecule has 14 heteroatoms. The third-order valence-electron chi connectivity index (χ3n) is 6.66. The van der Waals surface area contributed by atoms with Crippen LogP contribution in [0.5, 0.6) is 0 Å². The lowest BCUT2D eigenvalue weighted by atomic mass is 10.0. The lowest BCUT2D eigenvalue weighted by molar-refractivity contribution is -0.137. The molecule has 0 saturated heterocycles. The molecule has 42 heavy (non-hydrogen) atoms. The van der Waals surface area contributed by atoms with Crippen molar-refractivity contribution in [2.75, 3.05) is 25.0 Å². The van der Waals surface area contributed by atoms with Crippen molar-refractivity contribution in [3.8, 4) is 5.69 Å². The van der Waals surface area contributed by atoms with E-state index < -0.39 is 30.0 Å². The number of carboxylic acid groups (broad SMARTS) is 1. The molecular weight excluding hydrogens is 545 g/mol. The minimum atomic E-state index is -1.09. The van der Waals surface area contributed by atoms with Crippen LogP contribution in [0, 0.1) is 13.8 Å². The van der Waals surface area contributed by atoms with Crippen LogP contribution in [0.15, 0.2) is 53.7 Å². The van der Waals surface area contributed by atoms with Gasteiger partial charge in [0.15, 0.2) is 5.96 Å². The lowest BCUT2D eigenvalue weighted by Gasteiger charge is -2.19. The molecule has 6 N–H and O–H groups in total. The lowest BCUT2D eigenvalue weighted by Crippen LogP contribution is -2.41. The monoisotopic (exact) mass is 575 g/mol. The standard InChI is InChI=1S/C28H30FN9O4/c1-15-6-16(2)38(37-15)20-5-3-4-17(7-20)22(10-26(40)41)34-25(39)14-30-27(42)18-8-23(21-13-33-36-24(21)9-18)35-28-31-11-19(29)12-32-28/h3-9,13,19,22H,10-12,14H2,1-2H3,(H,30,42)(H,33,36)(H,34,39)(H,40,41)(H2,31,32,35)/t22-/m0/s1. The van der Waals surface area contributed by atoms with Gasteiger partial charge in [0.1, 0.15) is 6.17 Å². The average molecular weight is 576 g/mol. The molecule has 3 heterocycles. The summed E-state index contributed by atoms with van der Waals surface area (Å²) in [5.74, 6) is -1.82. The highest BCUT2D eigenvalue weighted by molar-refractivity contribution is 6.07. The van der Waals surface area contributed by atoms with Crippen molar-refractivity contribution in [2.24, 2.45) is 4.99 Å². The molecule has 0 radical (unpaired) electrons. The van der Waals surface area contributed by atoms with Crippen molar-refractivity contribution in [2.45, 2.75) is 32.5 Å². The minimum Gasteiger partial charge on any atom is -0.481 e. The van der Waals surface area contributed by atoms with Gasteiger partial charge in [-0.15, -0.1) is 0 Å². The molecule has 2 aromatic heterocycles. The first-order valence-corrected chi connectivity index (χ1v) is 13.3. The van der Waals surface area contributed by atoms with Crippen molar-refractivity contribution < 1.29 is 23.9 Å². The molecule has 0 saturated carbocycles. The summed E-state index contributed by atoms with van der Waals surface area (Å²) < 4.78 is 15.2. The van der Waals surface area contributed by atoms with E-state index in [9.17, 15) is 23.9 Å². The Morgan fingerprint density at radius 1 is 1.19 bits per heavy atom. The van der Waals surface area contributed by atoms with E-state index in [4.69, 9.17) is 0 Å². The molecule has 2 amide bonds. The van der Waals surface area contributed by atoms with Gasteiger partial charge in [-0.2, -0.15) is 10.2 Å². The number of aromatic nitrogens is 4. The summed E-state index contributed by atoms with van der Waals surface area (Å²) in [5.41, 5.74) is 4.39. The summed E-state index contributed by atoms with van der Waals surface area (Å²) in [6.07, 6.45) is 0.157. The van der Waals surface area contributed by atoms with Gasteiger partial charge in [0.2, 0.25) is 5.91 Å². The highest BCUT2D eigenvalue weighted by Crippen LogP contribution is 2.25. The van der Waals surface area contributed by atoms with Crippen LogP contribution in [0.4, 0.5) is 10.1 Å². The molecule has 5 rings (SSSR count). The number of nitrogens with zero attached hydrogens (tertiary/aromatic N) is 4. The Hall–Kier alpha value is -5.27. The van der Waals surface area contributed by atoms with Gasteiger partial charge < -0.3 is 26.4 Å². The van der Waals surface area contributed by atoms with Crippen molar-refractivity contribution in [1.29, 1.82) is 0 Å². The maximum Gasteiger partial charge on any atom is 0.305 e. The van der Waals surface area contributed by atoms with Crippen LogP contribution < -0.4 is 21.3 Å². The number of aliphatic carboxylic acids is 1. The fourth-order valence-corrected chi connectivity index (χ4v) is 4.71. The number of fused-ring (bicyclic) bond motifs is 1. The molecule has 4 aromatic rings. The molecule has 218 valence electrons. The topological polar surface area (TPSA) is 178 Å². The van der Waals surface area contributed by atoms with Gasteiger partial charge in [-0.25, -0.2) is 14.1 Å². The van der Waals surface area contributed by atoms with Crippen LogP contribution in [0.1, 0.15) is 39.8 Å². The van der Waals surface area contributed by atoms with Gasteiger partial charge in [-0.05, 0) is 49.7 Å². The summed E-state index contributed by atoms with van der Waals surface area (Å²) >= 11 is 0. The van der Waals surface area contributed by atoms with Crippen LogP contribution in [-0.2, 0) is 9.59 Å². The first-order chi connectivity index (χ1) is 20.2. The molecular formula is C28H30FN9O4. The molecule has 2 aromatic carbocycles. The van der Waals surface area contributed by atoms with E-state index in [1.54, 1.807) is 41.2 Å². The normalized spacial score (nSPS) is 15.4. The molecule has 1 unspecified atom stereocenters. The van der Waals surface area contributed by atoms with Crippen LogP contribution in [0.2, 0.25) is 0 Å². The smallest absolute Gasteiger partial charge is 0.305 e. The molecule has 0 bridgehead atoms.